The molecule has 0 aromatic carbocycles. The minimum atomic E-state index is -0.546. The molecule has 0 bridgehead atoms. The van der Waals surface area contributed by atoms with Gasteiger partial charge in [0.15, 0.2) is 5.83 Å². The van der Waals surface area contributed by atoms with Crippen molar-refractivity contribution in [1.29, 1.82) is 0 Å². The molecule has 192 valence electrons. The molecule has 0 saturated heterocycles. The topological polar surface area (TPSA) is 9.23 Å². The van der Waals surface area contributed by atoms with Crippen LogP contribution in [-0.2, 0) is 4.74 Å². The van der Waals surface area contributed by atoms with Crippen molar-refractivity contribution >= 4 is 0 Å². The van der Waals surface area contributed by atoms with Gasteiger partial charge in [0.05, 0.1) is 12.7 Å². The largest absolute Gasteiger partial charge is 0.377 e. The van der Waals surface area contributed by atoms with Gasteiger partial charge in [0, 0.05) is 11.8 Å². The fraction of sp³-hybridized carbons (Fsp3) is 0.800. The second-order valence-electron chi connectivity index (χ2n) is 11.5. The van der Waals surface area contributed by atoms with Gasteiger partial charge in [-0.25, -0.2) is 13.2 Å². The number of rotatable bonds is 8. The van der Waals surface area contributed by atoms with E-state index >= 15 is 8.78 Å². The van der Waals surface area contributed by atoms with E-state index in [0.717, 1.165) is 83.0 Å². The molecular formula is C30H45F3O. The zero-order valence-electron chi connectivity index (χ0n) is 21.3. The zero-order chi connectivity index (χ0) is 24.1. The van der Waals surface area contributed by atoms with E-state index in [0.29, 0.717) is 24.5 Å². The van der Waals surface area contributed by atoms with Crippen LogP contribution in [0.4, 0.5) is 13.2 Å². The molecule has 0 spiro atoms. The number of halogens is 3. The van der Waals surface area contributed by atoms with Crippen LogP contribution < -0.4 is 0 Å². The van der Waals surface area contributed by atoms with Gasteiger partial charge >= 0.3 is 0 Å². The Hall–Kier alpha value is -1.03. The first-order valence-corrected chi connectivity index (χ1v) is 14.2. The van der Waals surface area contributed by atoms with Crippen LogP contribution in [0.15, 0.2) is 35.2 Å². The first kappa shape index (κ1) is 26.0. The standard InChI is InChI=1S/C30H45F3O/c1-3-5-21-8-11-24(28(31)18-21)19-34-25-14-12-23(13-15-25)27-17-16-26(29(32)30(27)33)22-9-6-20(4-2)7-10-22/h16,18,20-25,27H,3-15,17,19H2,1-2H3. The molecule has 0 aromatic heterocycles. The van der Waals surface area contributed by atoms with E-state index in [4.69, 9.17) is 4.74 Å². The van der Waals surface area contributed by atoms with Crippen molar-refractivity contribution < 1.29 is 17.9 Å². The predicted molar refractivity (Wildman–Crippen MR) is 133 cm³/mol. The van der Waals surface area contributed by atoms with Crippen molar-refractivity contribution in [3.63, 3.8) is 0 Å². The Morgan fingerprint density at radius 1 is 0.882 bits per heavy atom. The molecule has 2 saturated carbocycles. The average Bonchev–Trinajstić information content (AvgIpc) is 2.86. The summed E-state index contributed by atoms with van der Waals surface area (Å²) in [4.78, 5) is 0. The van der Waals surface area contributed by atoms with Gasteiger partial charge in [0.1, 0.15) is 11.7 Å². The highest BCUT2D eigenvalue weighted by atomic mass is 19.2. The van der Waals surface area contributed by atoms with Gasteiger partial charge in [0.2, 0.25) is 0 Å². The lowest BCUT2D eigenvalue weighted by atomic mass is 9.72. The van der Waals surface area contributed by atoms with Crippen LogP contribution in [0.1, 0.15) is 104 Å². The van der Waals surface area contributed by atoms with Gasteiger partial charge in [-0.3, -0.25) is 0 Å². The van der Waals surface area contributed by atoms with Crippen molar-refractivity contribution in [2.45, 2.75) is 110 Å². The van der Waals surface area contributed by atoms with E-state index < -0.39 is 11.7 Å². The normalized spacial score (nSPS) is 37.4. The first-order chi connectivity index (χ1) is 16.5. The summed E-state index contributed by atoms with van der Waals surface area (Å²) in [7, 11) is 0. The fourth-order valence-corrected chi connectivity index (χ4v) is 7.04. The highest BCUT2D eigenvalue weighted by molar-refractivity contribution is 5.35. The quantitative estimate of drug-likeness (QED) is 0.337. The third-order valence-electron chi connectivity index (χ3n) is 9.40. The second kappa shape index (κ2) is 12.3. The lowest BCUT2D eigenvalue weighted by Gasteiger charge is -2.36. The molecular weight excluding hydrogens is 433 g/mol. The number of allylic oxidation sites excluding steroid dienone is 5. The molecule has 0 heterocycles. The second-order valence-corrected chi connectivity index (χ2v) is 11.5. The van der Waals surface area contributed by atoms with Crippen LogP contribution in [-0.4, -0.2) is 12.7 Å². The third-order valence-corrected chi connectivity index (χ3v) is 9.40. The summed E-state index contributed by atoms with van der Waals surface area (Å²) < 4.78 is 50.8. The Morgan fingerprint density at radius 3 is 2.26 bits per heavy atom. The lowest BCUT2D eigenvalue weighted by molar-refractivity contribution is -0.00656. The summed E-state index contributed by atoms with van der Waals surface area (Å²) in [5.74, 6) is 0.0774. The van der Waals surface area contributed by atoms with Gasteiger partial charge in [-0.2, -0.15) is 0 Å². The van der Waals surface area contributed by atoms with Crippen molar-refractivity contribution in [1.82, 2.24) is 0 Å². The van der Waals surface area contributed by atoms with E-state index in [9.17, 15) is 4.39 Å². The number of hydrogen-bond donors (Lipinski definition) is 0. The molecule has 3 unspecified atom stereocenters. The summed E-state index contributed by atoms with van der Waals surface area (Å²) in [6, 6.07) is 0. The predicted octanol–water partition coefficient (Wildman–Crippen LogP) is 9.55. The molecule has 0 N–H and O–H groups in total. The van der Waals surface area contributed by atoms with Crippen LogP contribution in [0.5, 0.6) is 0 Å². The number of ether oxygens (including phenoxy) is 1. The summed E-state index contributed by atoms with van der Waals surface area (Å²) in [6.45, 7) is 4.83. The van der Waals surface area contributed by atoms with Gasteiger partial charge in [-0.05, 0) is 112 Å². The highest BCUT2D eigenvalue weighted by Crippen LogP contribution is 2.46. The van der Waals surface area contributed by atoms with Crippen molar-refractivity contribution in [2.24, 2.45) is 35.5 Å². The van der Waals surface area contributed by atoms with Gasteiger partial charge in [-0.15, -0.1) is 0 Å². The number of hydrogen-bond acceptors (Lipinski definition) is 1. The summed E-state index contributed by atoms with van der Waals surface area (Å²) in [5.41, 5.74) is 0.657. The van der Waals surface area contributed by atoms with Crippen LogP contribution in [0, 0.1) is 35.5 Å². The van der Waals surface area contributed by atoms with Crippen LogP contribution >= 0.6 is 0 Å². The molecule has 0 radical (unpaired) electrons. The molecule has 0 amide bonds. The Balaban J connectivity index is 1.23. The van der Waals surface area contributed by atoms with E-state index in [1.165, 1.54) is 6.42 Å². The summed E-state index contributed by atoms with van der Waals surface area (Å²) in [5, 5.41) is 0. The molecule has 4 heteroatoms. The van der Waals surface area contributed by atoms with Crippen molar-refractivity contribution in [3.05, 3.63) is 35.2 Å². The fourth-order valence-electron chi connectivity index (χ4n) is 7.04. The molecule has 0 aliphatic heterocycles. The van der Waals surface area contributed by atoms with E-state index in [2.05, 4.69) is 13.8 Å². The van der Waals surface area contributed by atoms with Crippen molar-refractivity contribution in [2.75, 3.05) is 6.61 Å². The van der Waals surface area contributed by atoms with Gasteiger partial charge in [-0.1, -0.05) is 32.8 Å². The smallest absolute Gasteiger partial charge is 0.158 e. The molecule has 4 rings (SSSR count). The maximum atomic E-state index is 15.2. The van der Waals surface area contributed by atoms with E-state index in [1.807, 2.05) is 12.2 Å². The van der Waals surface area contributed by atoms with Gasteiger partial charge in [0.25, 0.3) is 0 Å². The van der Waals surface area contributed by atoms with Crippen LogP contribution in [0.3, 0.4) is 0 Å². The average molecular weight is 479 g/mol. The zero-order valence-corrected chi connectivity index (χ0v) is 21.3. The maximum absolute atomic E-state index is 15.2. The molecule has 3 atom stereocenters. The minimum Gasteiger partial charge on any atom is -0.377 e. The minimum absolute atomic E-state index is 0.00838. The van der Waals surface area contributed by atoms with Crippen LogP contribution in [0.2, 0.25) is 0 Å². The van der Waals surface area contributed by atoms with E-state index in [-0.39, 0.29) is 35.6 Å². The Kier molecular flexibility index (Phi) is 9.41. The summed E-state index contributed by atoms with van der Waals surface area (Å²) in [6.07, 6.45) is 17.6. The molecule has 1 nitrogen and oxygen atoms in total. The molecule has 34 heavy (non-hydrogen) atoms. The Labute approximate surface area is 205 Å². The van der Waals surface area contributed by atoms with E-state index in [1.54, 1.807) is 0 Å². The molecule has 4 aliphatic carbocycles. The first-order valence-electron chi connectivity index (χ1n) is 14.2. The monoisotopic (exact) mass is 478 g/mol. The maximum Gasteiger partial charge on any atom is 0.158 e. The molecule has 2 fully saturated rings. The lowest BCUT2D eigenvalue weighted by Crippen LogP contribution is -2.29. The SMILES string of the molecule is CCCC1C=C(F)C(COC2CCC(C3CC=C(C4CCC(CC)CC4)C(F)=C3F)CC2)CC1. The van der Waals surface area contributed by atoms with Crippen molar-refractivity contribution in [3.8, 4) is 0 Å². The summed E-state index contributed by atoms with van der Waals surface area (Å²) >= 11 is 0. The highest BCUT2D eigenvalue weighted by Gasteiger charge is 2.37. The Bertz CT molecular complexity index is 753. The van der Waals surface area contributed by atoms with Gasteiger partial charge < -0.3 is 4.74 Å². The molecule has 4 aliphatic rings. The van der Waals surface area contributed by atoms with Crippen LogP contribution in [0.25, 0.3) is 0 Å². The Morgan fingerprint density at radius 2 is 1.62 bits per heavy atom. The molecule has 0 aromatic rings. The third kappa shape index (κ3) is 6.20.